The van der Waals surface area contributed by atoms with Gasteiger partial charge < -0.3 is 0 Å². The molecule has 4 nitrogen and oxygen atoms in total. The average molecular weight is 477 g/mol. The summed E-state index contributed by atoms with van der Waals surface area (Å²) in [7, 11) is 0. The van der Waals surface area contributed by atoms with Gasteiger partial charge in [-0.1, -0.05) is 103 Å². The van der Waals surface area contributed by atoms with E-state index in [9.17, 15) is 0 Å². The summed E-state index contributed by atoms with van der Waals surface area (Å²) < 4.78 is 3.99. The second-order valence-electron chi connectivity index (χ2n) is 9.21. The van der Waals surface area contributed by atoms with E-state index in [2.05, 4.69) is 115 Å². The monoisotopic (exact) mass is 476 g/mol. The second-order valence-corrected chi connectivity index (χ2v) is 9.21. The lowest BCUT2D eigenvalue weighted by atomic mass is 9.84. The molecule has 0 aliphatic carbocycles. The molecule has 7 rings (SSSR count). The van der Waals surface area contributed by atoms with Crippen molar-refractivity contribution in [1.82, 2.24) is 19.2 Å². The Morgan fingerprint density at radius 2 is 0.892 bits per heavy atom. The first-order valence-electron chi connectivity index (χ1n) is 12.5. The summed E-state index contributed by atoms with van der Waals surface area (Å²) in [5.41, 5.74) is 10.4. The molecular formula is C33H24N4. The lowest BCUT2D eigenvalue weighted by Gasteiger charge is -2.19. The molecule has 4 heteroatoms. The van der Waals surface area contributed by atoms with Crippen LogP contribution in [0.1, 0.15) is 22.6 Å². The number of pyridine rings is 2. The second kappa shape index (κ2) is 8.92. The van der Waals surface area contributed by atoms with E-state index in [1.54, 1.807) is 0 Å². The van der Waals surface area contributed by atoms with Gasteiger partial charge in [0.05, 0.1) is 23.4 Å². The first kappa shape index (κ1) is 21.3. The van der Waals surface area contributed by atoms with Gasteiger partial charge in [-0.2, -0.15) is 10.2 Å². The van der Waals surface area contributed by atoms with Crippen LogP contribution >= 0.6 is 0 Å². The number of rotatable bonds is 5. The Morgan fingerprint density at radius 1 is 0.459 bits per heavy atom. The number of nitrogens with zero attached hydrogens (tertiary/aromatic N) is 4. The number of hydrogen-bond acceptors (Lipinski definition) is 2. The Kier molecular flexibility index (Phi) is 5.14. The molecule has 0 radical (unpaired) electrons. The maximum Gasteiger partial charge on any atom is 0.0781 e. The topological polar surface area (TPSA) is 34.6 Å². The van der Waals surface area contributed by atoms with Crippen molar-refractivity contribution >= 4 is 11.0 Å². The molecule has 0 aliphatic heterocycles. The van der Waals surface area contributed by atoms with Crippen LogP contribution < -0.4 is 0 Å². The lowest BCUT2D eigenvalue weighted by Crippen LogP contribution is -2.04. The van der Waals surface area contributed by atoms with Gasteiger partial charge >= 0.3 is 0 Å². The number of benzene rings is 3. The van der Waals surface area contributed by atoms with Gasteiger partial charge in [-0.05, 0) is 28.8 Å². The molecule has 4 aromatic heterocycles. The summed E-state index contributed by atoms with van der Waals surface area (Å²) in [6.45, 7) is 0. The summed E-state index contributed by atoms with van der Waals surface area (Å²) in [5.74, 6) is -0.0501. The third-order valence-electron chi connectivity index (χ3n) is 7.06. The summed E-state index contributed by atoms with van der Waals surface area (Å²) in [6.07, 6.45) is 8.10. The lowest BCUT2D eigenvalue weighted by molar-refractivity contribution is 0.961. The van der Waals surface area contributed by atoms with E-state index < -0.39 is 0 Å². The maximum absolute atomic E-state index is 4.81. The molecule has 0 unspecified atom stereocenters. The third-order valence-corrected chi connectivity index (χ3v) is 7.06. The first-order chi connectivity index (χ1) is 18.4. The summed E-state index contributed by atoms with van der Waals surface area (Å²) in [4.78, 5) is 0. The smallest absolute Gasteiger partial charge is 0.0781 e. The molecule has 0 fully saturated rings. The Labute approximate surface area is 215 Å². The molecular weight excluding hydrogens is 452 g/mol. The van der Waals surface area contributed by atoms with Crippen LogP contribution in [-0.4, -0.2) is 19.2 Å². The molecule has 0 N–H and O–H groups in total. The van der Waals surface area contributed by atoms with Gasteiger partial charge in [0.15, 0.2) is 0 Å². The molecule has 3 aromatic carbocycles. The van der Waals surface area contributed by atoms with Crippen LogP contribution in [0.5, 0.6) is 0 Å². The van der Waals surface area contributed by atoms with Crippen molar-refractivity contribution in [3.8, 4) is 22.3 Å². The molecule has 0 spiro atoms. The van der Waals surface area contributed by atoms with E-state index in [4.69, 9.17) is 10.2 Å². The van der Waals surface area contributed by atoms with E-state index in [0.717, 1.165) is 33.3 Å². The molecule has 176 valence electrons. The van der Waals surface area contributed by atoms with Crippen LogP contribution in [0.3, 0.4) is 0 Å². The fourth-order valence-electron chi connectivity index (χ4n) is 5.43. The fourth-order valence-corrected chi connectivity index (χ4v) is 5.43. The average Bonchev–Trinajstić information content (AvgIpc) is 3.60. The van der Waals surface area contributed by atoms with Crippen LogP contribution in [0.2, 0.25) is 0 Å². The molecule has 7 aromatic rings. The largest absolute Gasteiger partial charge is 0.240 e. The van der Waals surface area contributed by atoms with E-state index in [0.29, 0.717) is 0 Å². The first-order valence-corrected chi connectivity index (χ1v) is 12.5. The Bertz CT molecular complexity index is 1700. The molecule has 0 atom stereocenters. The van der Waals surface area contributed by atoms with Gasteiger partial charge in [0, 0.05) is 40.6 Å². The fraction of sp³-hybridized carbons (Fsp3) is 0.0303. The van der Waals surface area contributed by atoms with Crippen LogP contribution in [0.25, 0.3) is 33.3 Å². The molecule has 0 bridgehead atoms. The van der Waals surface area contributed by atoms with Crippen LogP contribution in [0.15, 0.2) is 140 Å². The highest BCUT2D eigenvalue weighted by molar-refractivity contribution is 5.87. The Hall–Kier alpha value is -4.96. The minimum Gasteiger partial charge on any atom is -0.240 e. The zero-order valence-corrected chi connectivity index (χ0v) is 20.1. The third kappa shape index (κ3) is 3.62. The van der Waals surface area contributed by atoms with Crippen molar-refractivity contribution in [2.45, 2.75) is 5.92 Å². The zero-order valence-electron chi connectivity index (χ0n) is 20.1. The molecule has 4 heterocycles. The van der Waals surface area contributed by atoms with Crippen molar-refractivity contribution in [3.63, 3.8) is 0 Å². The van der Waals surface area contributed by atoms with E-state index in [1.807, 2.05) is 33.8 Å². The summed E-state index contributed by atoms with van der Waals surface area (Å²) in [6, 6.07) is 40.3. The van der Waals surface area contributed by atoms with Crippen molar-refractivity contribution in [1.29, 1.82) is 0 Å². The van der Waals surface area contributed by atoms with Gasteiger partial charge in [-0.25, -0.2) is 9.03 Å². The molecule has 0 saturated carbocycles. The minimum absolute atomic E-state index is 0.0501. The van der Waals surface area contributed by atoms with Gasteiger partial charge in [0.25, 0.3) is 0 Å². The van der Waals surface area contributed by atoms with Gasteiger partial charge in [0.2, 0.25) is 0 Å². The van der Waals surface area contributed by atoms with Crippen LogP contribution in [-0.2, 0) is 0 Å². The predicted octanol–water partition coefficient (Wildman–Crippen LogP) is 7.50. The van der Waals surface area contributed by atoms with Crippen molar-refractivity contribution in [2.24, 2.45) is 0 Å². The van der Waals surface area contributed by atoms with E-state index >= 15 is 0 Å². The maximum atomic E-state index is 4.81. The zero-order chi connectivity index (χ0) is 24.6. The molecule has 37 heavy (non-hydrogen) atoms. The Balaban J connectivity index is 1.54. The van der Waals surface area contributed by atoms with Crippen molar-refractivity contribution in [2.75, 3.05) is 0 Å². The molecule has 0 aliphatic rings. The highest BCUT2D eigenvalue weighted by Gasteiger charge is 2.26. The van der Waals surface area contributed by atoms with Crippen LogP contribution in [0, 0.1) is 0 Å². The SMILES string of the molecule is c1ccc(-c2cccn3ncc(C(c4ccccc4)c4cnn5cccc(-c6ccccc6)c45)c23)cc1. The van der Waals surface area contributed by atoms with Crippen molar-refractivity contribution < 1.29 is 0 Å². The van der Waals surface area contributed by atoms with Gasteiger partial charge in [-0.15, -0.1) is 0 Å². The number of aromatic nitrogens is 4. The number of fused-ring (bicyclic) bond motifs is 2. The number of hydrogen-bond donors (Lipinski definition) is 0. The normalized spacial score (nSPS) is 11.5. The molecule has 0 saturated heterocycles. The standard InChI is InChI=1S/C33H24N4/c1-4-12-24(13-5-1)27-18-10-20-36-32(27)29(22-34-36)31(26-16-8-3-9-17-26)30-23-35-37-21-11-19-28(33(30)37)25-14-6-2-7-15-25/h1-23,31H. The predicted molar refractivity (Wildman–Crippen MR) is 149 cm³/mol. The highest BCUT2D eigenvalue weighted by Crippen LogP contribution is 2.41. The minimum atomic E-state index is -0.0501. The summed E-state index contributed by atoms with van der Waals surface area (Å²) in [5, 5.41) is 9.62. The van der Waals surface area contributed by atoms with Gasteiger partial charge in [0.1, 0.15) is 0 Å². The van der Waals surface area contributed by atoms with Crippen molar-refractivity contribution in [3.05, 3.63) is 157 Å². The quantitative estimate of drug-likeness (QED) is 0.258. The summed E-state index contributed by atoms with van der Waals surface area (Å²) >= 11 is 0. The van der Waals surface area contributed by atoms with Crippen LogP contribution in [0.4, 0.5) is 0 Å². The molecule has 0 amide bonds. The highest BCUT2D eigenvalue weighted by atomic mass is 15.2. The van der Waals surface area contributed by atoms with Gasteiger partial charge in [-0.3, -0.25) is 0 Å². The van der Waals surface area contributed by atoms with E-state index in [-0.39, 0.29) is 5.92 Å². The van der Waals surface area contributed by atoms with E-state index in [1.165, 1.54) is 16.7 Å². The Morgan fingerprint density at radius 3 is 1.35 bits per heavy atom.